The summed E-state index contributed by atoms with van der Waals surface area (Å²) in [4.78, 5) is 10.4. The molecule has 0 saturated carbocycles. The summed E-state index contributed by atoms with van der Waals surface area (Å²) in [6.45, 7) is 5.28. The molecule has 0 aromatic heterocycles. The van der Waals surface area contributed by atoms with Gasteiger partial charge in [-0.3, -0.25) is 10.1 Å². The lowest BCUT2D eigenvalue weighted by atomic mass is 10.0. The first-order valence-corrected chi connectivity index (χ1v) is 3.96. The molecule has 1 atom stereocenters. The maximum atomic E-state index is 10.7. The average Bonchev–Trinajstić information content (AvgIpc) is 2.04. The van der Waals surface area contributed by atoms with Crippen LogP contribution in [0, 0.1) is 10.1 Å². The molecule has 0 N–H and O–H groups in total. The molecule has 1 aromatic rings. The summed E-state index contributed by atoms with van der Waals surface area (Å²) < 4.78 is 0. The minimum absolute atomic E-state index is 0.322. The van der Waals surface area contributed by atoms with Crippen LogP contribution in [-0.2, 0) is 0 Å². The Morgan fingerprint density at radius 3 is 2.38 bits per heavy atom. The summed E-state index contributed by atoms with van der Waals surface area (Å²) >= 11 is 0. The highest BCUT2D eigenvalue weighted by Crippen LogP contribution is 2.22. The van der Waals surface area contributed by atoms with Crippen LogP contribution in [0.2, 0.25) is 0 Å². The van der Waals surface area contributed by atoms with E-state index in [9.17, 15) is 10.1 Å². The van der Waals surface area contributed by atoms with Crippen LogP contribution in [-0.4, -0.2) is 4.92 Å². The van der Waals surface area contributed by atoms with Gasteiger partial charge in [-0.2, -0.15) is 0 Å². The predicted molar refractivity (Wildman–Crippen MR) is 51.0 cm³/mol. The number of nitrogens with zero attached hydrogens (tertiary/aromatic N) is 1. The molecular formula is C10H11NO2. The maximum absolute atomic E-state index is 10.7. The zero-order valence-corrected chi connectivity index (χ0v) is 7.43. The third-order valence-electron chi connectivity index (χ3n) is 1.79. The third kappa shape index (κ3) is 2.15. The van der Waals surface area contributed by atoms with E-state index in [1.807, 2.05) is 6.07 Å². The van der Waals surface area contributed by atoms with Crippen molar-refractivity contribution in [2.24, 2.45) is 0 Å². The number of nitro groups is 1. The highest BCUT2D eigenvalue weighted by atomic mass is 16.6. The summed E-state index contributed by atoms with van der Waals surface area (Å²) in [5.74, 6) is 0. The molecule has 13 heavy (non-hydrogen) atoms. The van der Waals surface area contributed by atoms with Crippen LogP contribution < -0.4 is 0 Å². The molecule has 0 aliphatic heterocycles. The molecular weight excluding hydrogens is 166 g/mol. The van der Waals surface area contributed by atoms with Crippen molar-refractivity contribution in [3.8, 4) is 0 Å². The molecule has 0 aliphatic carbocycles. The Labute approximate surface area is 76.9 Å². The van der Waals surface area contributed by atoms with Crippen molar-refractivity contribution in [2.45, 2.75) is 13.0 Å². The van der Waals surface area contributed by atoms with Crippen LogP contribution in [0.3, 0.4) is 0 Å². The highest BCUT2D eigenvalue weighted by molar-refractivity contribution is 5.23. The molecule has 0 spiro atoms. The van der Waals surface area contributed by atoms with E-state index in [0.29, 0.717) is 11.1 Å². The number of hydrogen-bond donors (Lipinski definition) is 0. The van der Waals surface area contributed by atoms with Gasteiger partial charge in [0.1, 0.15) is 0 Å². The smallest absolute Gasteiger partial charge is 0.258 e. The first-order chi connectivity index (χ1) is 6.13. The van der Waals surface area contributed by atoms with Gasteiger partial charge in [-0.1, -0.05) is 36.9 Å². The van der Waals surface area contributed by atoms with Crippen molar-refractivity contribution < 1.29 is 4.92 Å². The van der Waals surface area contributed by atoms with E-state index >= 15 is 0 Å². The second-order valence-corrected chi connectivity index (χ2v) is 2.94. The lowest BCUT2D eigenvalue weighted by molar-refractivity contribution is -0.518. The van der Waals surface area contributed by atoms with E-state index in [4.69, 9.17) is 0 Å². The normalized spacial score (nSPS) is 12.1. The van der Waals surface area contributed by atoms with Gasteiger partial charge in [0.05, 0.1) is 0 Å². The van der Waals surface area contributed by atoms with Crippen LogP contribution >= 0.6 is 0 Å². The summed E-state index contributed by atoms with van der Waals surface area (Å²) in [6.07, 6.45) is 0. The van der Waals surface area contributed by atoms with Crippen LogP contribution in [0.5, 0.6) is 0 Å². The van der Waals surface area contributed by atoms with E-state index in [0.717, 1.165) is 0 Å². The molecule has 68 valence electrons. The zero-order valence-electron chi connectivity index (χ0n) is 7.43. The van der Waals surface area contributed by atoms with Gasteiger partial charge >= 0.3 is 0 Å². The fourth-order valence-electron chi connectivity index (χ4n) is 1.22. The zero-order chi connectivity index (χ0) is 9.84. The maximum Gasteiger partial charge on any atom is 0.258 e. The number of hydrogen-bond acceptors (Lipinski definition) is 2. The Morgan fingerprint density at radius 1 is 1.46 bits per heavy atom. The Hall–Kier alpha value is -1.64. The molecule has 0 heterocycles. The first-order valence-electron chi connectivity index (χ1n) is 3.96. The van der Waals surface area contributed by atoms with Crippen molar-refractivity contribution in [3.05, 3.63) is 58.2 Å². The molecule has 0 saturated heterocycles. The van der Waals surface area contributed by atoms with Crippen LogP contribution in [0.25, 0.3) is 0 Å². The van der Waals surface area contributed by atoms with Crippen molar-refractivity contribution in [2.75, 3.05) is 0 Å². The van der Waals surface area contributed by atoms with Crippen LogP contribution in [0.1, 0.15) is 18.5 Å². The molecule has 3 heteroatoms. The topological polar surface area (TPSA) is 43.1 Å². The molecule has 1 rings (SSSR count). The minimum atomic E-state index is -0.777. The van der Waals surface area contributed by atoms with E-state index in [1.165, 1.54) is 0 Å². The Bertz CT molecular complexity index is 305. The SMILES string of the molecule is C=C(C)C(c1ccccc1)[N+](=O)[O-]. The van der Waals surface area contributed by atoms with Gasteiger partial charge in [-0.15, -0.1) is 0 Å². The molecule has 3 nitrogen and oxygen atoms in total. The fraction of sp³-hybridized carbons (Fsp3) is 0.200. The molecule has 0 radical (unpaired) electrons. The summed E-state index contributed by atoms with van der Waals surface area (Å²) in [5, 5.41) is 10.7. The third-order valence-corrected chi connectivity index (χ3v) is 1.79. The molecule has 0 bridgehead atoms. The Balaban J connectivity index is 3.03. The standard InChI is InChI=1S/C10H11NO2/c1-8(2)10(11(12)13)9-6-4-3-5-7-9/h3-7,10H,1H2,2H3. The summed E-state index contributed by atoms with van der Waals surface area (Å²) in [6, 6.07) is 8.11. The molecule has 1 unspecified atom stereocenters. The largest absolute Gasteiger partial charge is 0.264 e. The molecule has 1 aromatic carbocycles. The van der Waals surface area contributed by atoms with Crippen molar-refractivity contribution >= 4 is 0 Å². The van der Waals surface area contributed by atoms with E-state index in [-0.39, 0.29) is 4.92 Å². The second-order valence-electron chi connectivity index (χ2n) is 2.94. The summed E-state index contributed by atoms with van der Waals surface area (Å²) in [7, 11) is 0. The van der Waals surface area contributed by atoms with Crippen molar-refractivity contribution in [1.29, 1.82) is 0 Å². The monoisotopic (exact) mass is 177 g/mol. The van der Waals surface area contributed by atoms with E-state index < -0.39 is 6.04 Å². The second kappa shape index (κ2) is 3.85. The molecule has 0 fully saturated rings. The van der Waals surface area contributed by atoms with Gasteiger partial charge in [-0.25, -0.2) is 0 Å². The van der Waals surface area contributed by atoms with E-state index in [2.05, 4.69) is 6.58 Å². The van der Waals surface area contributed by atoms with Crippen LogP contribution in [0.4, 0.5) is 0 Å². The van der Waals surface area contributed by atoms with Crippen LogP contribution in [0.15, 0.2) is 42.5 Å². The Kier molecular flexibility index (Phi) is 2.80. The minimum Gasteiger partial charge on any atom is -0.264 e. The predicted octanol–water partition coefficient (Wildman–Crippen LogP) is 2.58. The lowest BCUT2D eigenvalue weighted by Crippen LogP contribution is -2.10. The lowest BCUT2D eigenvalue weighted by Gasteiger charge is -2.08. The van der Waals surface area contributed by atoms with Gasteiger partial charge in [0.2, 0.25) is 0 Å². The average molecular weight is 177 g/mol. The van der Waals surface area contributed by atoms with E-state index in [1.54, 1.807) is 31.2 Å². The van der Waals surface area contributed by atoms with Gasteiger partial charge in [0, 0.05) is 10.5 Å². The first kappa shape index (κ1) is 9.45. The fourth-order valence-corrected chi connectivity index (χ4v) is 1.22. The molecule has 0 amide bonds. The molecule has 0 aliphatic rings. The quantitative estimate of drug-likeness (QED) is 0.404. The van der Waals surface area contributed by atoms with Gasteiger partial charge in [0.15, 0.2) is 0 Å². The van der Waals surface area contributed by atoms with Gasteiger partial charge in [-0.05, 0) is 12.5 Å². The van der Waals surface area contributed by atoms with Crippen molar-refractivity contribution in [3.63, 3.8) is 0 Å². The van der Waals surface area contributed by atoms with Gasteiger partial charge < -0.3 is 0 Å². The van der Waals surface area contributed by atoms with Gasteiger partial charge in [0.25, 0.3) is 6.04 Å². The number of benzene rings is 1. The summed E-state index contributed by atoms with van der Waals surface area (Å²) in [5.41, 5.74) is 1.23. The number of rotatable bonds is 3. The Morgan fingerprint density at radius 2 is 2.00 bits per heavy atom. The highest BCUT2D eigenvalue weighted by Gasteiger charge is 2.22. The van der Waals surface area contributed by atoms with Crippen molar-refractivity contribution in [1.82, 2.24) is 0 Å².